The first kappa shape index (κ1) is 12.5. The Labute approximate surface area is 106 Å². The number of carbonyl (C=O) groups excluding carboxylic acids is 2. The summed E-state index contributed by atoms with van der Waals surface area (Å²) in [5, 5.41) is 2.34. The second kappa shape index (κ2) is 5.16. The summed E-state index contributed by atoms with van der Waals surface area (Å²) in [5.74, 6) is -0.209. The number of anilines is 1. The van der Waals surface area contributed by atoms with Crippen molar-refractivity contribution < 1.29 is 9.59 Å². The van der Waals surface area contributed by atoms with Crippen LogP contribution in [0, 0.1) is 0 Å². The highest BCUT2D eigenvalue weighted by molar-refractivity contribution is 6.05. The number of imide groups is 1. The fraction of sp³-hybridized carbons (Fsp3) is 0.462. The lowest BCUT2D eigenvalue weighted by Gasteiger charge is -2.28. The highest BCUT2D eigenvalue weighted by Gasteiger charge is 2.25. The standard InChI is InChI=1S/C13H17N3O2/c1-3-9-8-14-10(4-2)7-11(9)16-6-5-12(17)15-13(16)18/h7-8H,3-6H2,1-2H3,(H,15,17,18). The number of aryl methyl sites for hydroxylation is 2. The van der Waals surface area contributed by atoms with E-state index >= 15 is 0 Å². The SMILES string of the molecule is CCc1cc(N2CCC(=O)NC2=O)c(CC)cn1. The Morgan fingerprint density at radius 1 is 1.33 bits per heavy atom. The summed E-state index contributed by atoms with van der Waals surface area (Å²) >= 11 is 0. The van der Waals surface area contributed by atoms with Crippen molar-refractivity contribution in [3.63, 3.8) is 0 Å². The molecule has 0 aromatic carbocycles. The number of hydrogen-bond acceptors (Lipinski definition) is 3. The molecule has 5 heteroatoms. The van der Waals surface area contributed by atoms with Gasteiger partial charge in [-0.3, -0.25) is 20.0 Å². The van der Waals surface area contributed by atoms with Crippen molar-refractivity contribution in [1.29, 1.82) is 0 Å². The number of urea groups is 1. The Hall–Kier alpha value is -1.91. The van der Waals surface area contributed by atoms with Crippen molar-refractivity contribution in [3.05, 3.63) is 23.5 Å². The number of aromatic nitrogens is 1. The van der Waals surface area contributed by atoms with Crippen LogP contribution >= 0.6 is 0 Å². The van der Waals surface area contributed by atoms with Gasteiger partial charge in [-0.2, -0.15) is 0 Å². The second-order valence-electron chi connectivity index (χ2n) is 4.27. The van der Waals surface area contributed by atoms with Gasteiger partial charge in [0, 0.05) is 24.9 Å². The summed E-state index contributed by atoms with van der Waals surface area (Å²) in [6, 6.07) is 1.60. The predicted molar refractivity (Wildman–Crippen MR) is 68.5 cm³/mol. The highest BCUT2D eigenvalue weighted by atomic mass is 16.2. The van der Waals surface area contributed by atoms with Gasteiger partial charge in [0.05, 0.1) is 5.69 Å². The lowest BCUT2D eigenvalue weighted by molar-refractivity contribution is -0.120. The first-order valence-electron chi connectivity index (χ1n) is 6.24. The van der Waals surface area contributed by atoms with Crippen LogP contribution in [0.15, 0.2) is 12.3 Å². The Kier molecular flexibility index (Phi) is 3.60. The maximum absolute atomic E-state index is 11.8. The summed E-state index contributed by atoms with van der Waals surface area (Å²) in [5.41, 5.74) is 2.85. The molecule has 0 spiro atoms. The number of nitrogens with one attached hydrogen (secondary N) is 1. The molecule has 0 aliphatic carbocycles. The molecule has 0 saturated carbocycles. The fourth-order valence-electron chi connectivity index (χ4n) is 2.03. The van der Waals surface area contributed by atoms with Crippen molar-refractivity contribution in [3.8, 4) is 0 Å². The smallest absolute Gasteiger partial charge is 0.293 e. The van der Waals surface area contributed by atoms with Gasteiger partial charge < -0.3 is 0 Å². The van der Waals surface area contributed by atoms with E-state index in [1.54, 1.807) is 4.90 Å². The first-order chi connectivity index (χ1) is 8.65. The van der Waals surface area contributed by atoms with Crippen molar-refractivity contribution in [2.75, 3.05) is 11.4 Å². The van der Waals surface area contributed by atoms with E-state index in [0.717, 1.165) is 29.8 Å². The van der Waals surface area contributed by atoms with Gasteiger partial charge in [-0.05, 0) is 24.5 Å². The number of carbonyl (C=O) groups is 2. The van der Waals surface area contributed by atoms with Crippen LogP contribution in [0.4, 0.5) is 10.5 Å². The molecule has 0 unspecified atom stereocenters. The normalized spacial score (nSPS) is 15.8. The highest BCUT2D eigenvalue weighted by Crippen LogP contribution is 2.23. The average Bonchev–Trinajstić information content (AvgIpc) is 2.38. The van der Waals surface area contributed by atoms with Crippen LogP contribution in [0.5, 0.6) is 0 Å². The molecule has 1 N–H and O–H groups in total. The Morgan fingerprint density at radius 2 is 2.11 bits per heavy atom. The molecule has 1 aliphatic heterocycles. The molecule has 2 heterocycles. The fourth-order valence-corrected chi connectivity index (χ4v) is 2.03. The zero-order chi connectivity index (χ0) is 13.1. The summed E-state index contributed by atoms with van der Waals surface area (Å²) < 4.78 is 0. The monoisotopic (exact) mass is 247 g/mol. The molecule has 5 nitrogen and oxygen atoms in total. The van der Waals surface area contributed by atoms with Gasteiger partial charge in [-0.15, -0.1) is 0 Å². The van der Waals surface area contributed by atoms with Crippen LogP contribution in [0.3, 0.4) is 0 Å². The molecule has 1 aromatic rings. The van der Waals surface area contributed by atoms with Crippen LogP contribution in [-0.4, -0.2) is 23.5 Å². The Bertz CT molecular complexity index is 485. The van der Waals surface area contributed by atoms with Crippen LogP contribution in [0.25, 0.3) is 0 Å². The van der Waals surface area contributed by atoms with E-state index in [1.165, 1.54) is 0 Å². The molecule has 1 aliphatic rings. The zero-order valence-corrected chi connectivity index (χ0v) is 10.7. The van der Waals surface area contributed by atoms with E-state index < -0.39 is 0 Å². The van der Waals surface area contributed by atoms with Gasteiger partial charge in [0.1, 0.15) is 0 Å². The van der Waals surface area contributed by atoms with Crippen LogP contribution in [0.1, 0.15) is 31.5 Å². The third kappa shape index (κ3) is 2.34. The third-order valence-electron chi connectivity index (χ3n) is 3.11. The summed E-state index contributed by atoms with van der Waals surface area (Å²) in [6.45, 7) is 4.49. The maximum Gasteiger partial charge on any atom is 0.328 e. The zero-order valence-electron chi connectivity index (χ0n) is 10.7. The topological polar surface area (TPSA) is 62.3 Å². The van der Waals surface area contributed by atoms with Crippen molar-refractivity contribution in [2.24, 2.45) is 0 Å². The van der Waals surface area contributed by atoms with E-state index in [4.69, 9.17) is 0 Å². The largest absolute Gasteiger partial charge is 0.328 e. The minimum Gasteiger partial charge on any atom is -0.293 e. The van der Waals surface area contributed by atoms with E-state index in [0.29, 0.717) is 13.0 Å². The molecule has 2 rings (SSSR count). The predicted octanol–water partition coefficient (Wildman–Crippen LogP) is 1.65. The summed E-state index contributed by atoms with van der Waals surface area (Å²) in [4.78, 5) is 29.0. The van der Waals surface area contributed by atoms with Gasteiger partial charge in [0.15, 0.2) is 0 Å². The minimum atomic E-state index is -0.339. The average molecular weight is 247 g/mol. The van der Waals surface area contributed by atoms with E-state index in [9.17, 15) is 9.59 Å². The van der Waals surface area contributed by atoms with Gasteiger partial charge >= 0.3 is 6.03 Å². The van der Waals surface area contributed by atoms with Crippen molar-refractivity contribution in [2.45, 2.75) is 33.1 Å². The molecule has 3 amide bonds. The molecular formula is C13H17N3O2. The molecule has 1 saturated heterocycles. The molecule has 0 bridgehead atoms. The molecule has 96 valence electrons. The molecule has 0 radical (unpaired) electrons. The molecule has 18 heavy (non-hydrogen) atoms. The van der Waals surface area contributed by atoms with Crippen LogP contribution in [-0.2, 0) is 17.6 Å². The maximum atomic E-state index is 11.8. The lowest BCUT2D eigenvalue weighted by Crippen LogP contribution is -2.50. The molecule has 1 fully saturated rings. The molecule has 0 atom stereocenters. The number of nitrogens with zero attached hydrogens (tertiary/aromatic N) is 2. The number of pyridine rings is 1. The Morgan fingerprint density at radius 3 is 2.72 bits per heavy atom. The molecule has 1 aromatic heterocycles. The lowest BCUT2D eigenvalue weighted by atomic mass is 10.1. The third-order valence-corrected chi connectivity index (χ3v) is 3.11. The van der Waals surface area contributed by atoms with Gasteiger partial charge in [0.2, 0.25) is 5.91 Å². The number of rotatable bonds is 3. The summed E-state index contributed by atoms with van der Waals surface area (Å²) in [7, 11) is 0. The quantitative estimate of drug-likeness (QED) is 0.883. The number of amides is 3. The van der Waals surface area contributed by atoms with Crippen LogP contribution < -0.4 is 10.2 Å². The van der Waals surface area contributed by atoms with Gasteiger partial charge in [-0.1, -0.05) is 13.8 Å². The second-order valence-corrected chi connectivity index (χ2v) is 4.27. The van der Waals surface area contributed by atoms with E-state index in [1.807, 2.05) is 26.1 Å². The van der Waals surface area contributed by atoms with Gasteiger partial charge in [-0.25, -0.2) is 4.79 Å². The first-order valence-corrected chi connectivity index (χ1v) is 6.24. The van der Waals surface area contributed by atoms with E-state index in [2.05, 4.69) is 10.3 Å². The van der Waals surface area contributed by atoms with Crippen molar-refractivity contribution >= 4 is 17.6 Å². The number of hydrogen-bond donors (Lipinski definition) is 1. The minimum absolute atomic E-state index is 0.209. The van der Waals surface area contributed by atoms with Gasteiger partial charge in [0.25, 0.3) is 0 Å². The van der Waals surface area contributed by atoms with E-state index in [-0.39, 0.29) is 11.9 Å². The molecular weight excluding hydrogens is 230 g/mol. The van der Waals surface area contributed by atoms with Crippen LogP contribution in [0.2, 0.25) is 0 Å². The Balaban J connectivity index is 2.36. The summed E-state index contributed by atoms with van der Waals surface area (Å²) in [6.07, 6.45) is 3.80. The van der Waals surface area contributed by atoms with Crippen molar-refractivity contribution in [1.82, 2.24) is 10.3 Å².